The first-order valence-electron chi connectivity index (χ1n) is 5.61. The second-order valence-electron chi connectivity index (χ2n) is 4.08. The summed E-state index contributed by atoms with van der Waals surface area (Å²) in [4.78, 5) is 0. The summed E-state index contributed by atoms with van der Waals surface area (Å²) in [6, 6.07) is 4.71. The monoisotopic (exact) mass is 365 g/mol. The van der Waals surface area contributed by atoms with Gasteiger partial charge in [0.1, 0.15) is 19.0 Å². The Balaban J connectivity index is 2.03. The first-order chi connectivity index (χ1) is 8.20. The van der Waals surface area contributed by atoms with Crippen LogP contribution in [0.15, 0.2) is 21.1 Å². The van der Waals surface area contributed by atoms with Crippen molar-refractivity contribution in [3.05, 3.63) is 26.6 Å². The van der Waals surface area contributed by atoms with Crippen molar-refractivity contribution in [3.8, 4) is 5.75 Å². The zero-order valence-electron chi connectivity index (χ0n) is 9.31. The van der Waals surface area contributed by atoms with Gasteiger partial charge in [0.2, 0.25) is 0 Å². The van der Waals surface area contributed by atoms with Gasteiger partial charge in [-0.25, -0.2) is 4.39 Å². The molecule has 1 aliphatic carbocycles. The van der Waals surface area contributed by atoms with Crippen LogP contribution in [0.4, 0.5) is 4.39 Å². The zero-order chi connectivity index (χ0) is 12.3. The second-order valence-corrected chi connectivity index (χ2v) is 5.79. The summed E-state index contributed by atoms with van der Waals surface area (Å²) in [5.74, 6) is 0.665. The normalized spacial score (nSPS) is 15.0. The van der Waals surface area contributed by atoms with Crippen molar-refractivity contribution in [2.75, 3.05) is 13.3 Å². The van der Waals surface area contributed by atoms with Crippen LogP contribution in [0.2, 0.25) is 0 Å². The highest BCUT2D eigenvalue weighted by molar-refractivity contribution is 9.11. The van der Waals surface area contributed by atoms with E-state index in [1.54, 1.807) is 0 Å². The largest absolute Gasteiger partial charge is 0.488 e. The third-order valence-electron chi connectivity index (χ3n) is 2.55. The minimum Gasteiger partial charge on any atom is -0.488 e. The second kappa shape index (κ2) is 6.16. The van der Waals surface area contributed by atoms with E-state index in [0.717, 1.165) is 15.5 Å². The standard InChI is InChI=1S/C12H14Br2FNO/c13-10-5-8(7-16-9-1-2-9)6-11(14)12(10)17-4-3-15/h5-6,9,16H,1-4,7H2. The summed E-state index contributed by atoms with van der Waals surface area (Å²) in [6.45, 7) is 0.450. The molecule has 0 heterocycles. The molecule has 1 aromatic carbocycles. The first-order valence-corrected chi connectivity index (χ1v) is 7.19. The number of hydrogen-bond donors (Lipinski definition) is 1. The van der Waals surface area contributed by atoms with Gasteiger partial charge in [-0.15, -0.1) is 0 Å². The molecule has 5 heteroatoms. The Kier molecular flexibility index (Phi) is 4.82. The summed E-state index contributed by atoms with van der Waals surface area (Å²) < 4.78 is 19.1. The van der Waals surface area contributed by atoms with Crippen molar-refractivity contribution in [2.24, 2.45) is 0 Å². The number of ether oxygens (including phenoxy) is 1. The molecule has 0 spiro atoms. The first kappa shape index (κ1) is 13.3. The highest BCUT2D eigenvalue weighted by Crippen LogP contribution is 2.35. The minimum absolute atomic E-state index is 0.0802. The number of alkyl halides is 1. The average Bonchev–Trinajstić information content (AvgIpc) is 3.09. The van der Waals surface area contributed by atoms with Crippen molar-refractivity contribution < 1.29 is 9.13 Å². The molecule has 1 N–H and O–H groups in total. The number of nitrogens with one attached hydrogen (secondary N) is 1. The highest BCUT2D eigenvalue weighted by Gasteiger charge is 2.20. The fourth-order valence-electron chi connectivity index (χ4n) is 1.54. The summed E-state index contributed by atoms with van der Waals surface area (Å²) >= 11 is 6.89. The van der Waals surface area contributed by atoms with Gasteiger partial charge in [-0.05, 0) is 62.4 Å². The fourth-order valence-corrected chi connectivity index (χ4v) is 3.05. The lowest BCUT2D eigenvalue weighted by atomic mass is 10.2. The number of hydrogen-bond acceptors (Lipinski definition) is 2. The fraction of sp³-hybridized carbons (Fsp3) is 0.500. The van der Waals surface area contributed by atoms with Gasteiger partial charge in [0.25, 0.3) is 0 Å². The molecule has 0 aliphatic heterocycles. The molecular weight excluding hydrogens is 353 g/mol. The third-order valence-corrected chi connectivity index (χ3v) is 3.73. The van der Waals surface area contributed by atoms with E-state index in [1.165, 1.54) is 18.4 Å². The van der Waals surface area contributed by atoms with E-state index in [-0.39, 0.29) is 6.61 Å². The molecule has 2 rings (SSSR count). The quantitative estimate of drug-likeness (QED) is 0.826. The summed E-state index contributed by atoms with van der Waals surface area (Å²) in [5.41, 5.74) is 1.18. The number of rotatable bonds is 6. The SMILES string of the molecule is FCCOc1c(Br)cc(CNC2CC2)cc1Br. The number of halogens is 3. The van der Waals surface area contributed by atoms with Crippen molar-refractivity contribution in [1.82, 2.24) is 5.32 Å². The Bertz CT molecular complexity index is 373. The van der Waals surface area contributed by atoms with Crippen molar-refractivity contribution in [2.45, 2.75) is 25.4 Å². The van der Waals surface area contributed by atoms with Gasteiger partial charge in [0.05, 0.1) is 8.95 Å². The molecule has 1 fully saturated rings. The van der Waals surface area contributed by atoms with Crippen LogP contribution in [0.5, 0.6) is 5.75 Å². The summed E-state index contributed by atoms with van der Waals surface area (Å²) in [5, 5.41) is 3.45. The van der Waals surface area contributed by atoms with E-state index in [4.69, 9.17) is 4.74 Å². The van der Waals surface area contributed by atoms with Gasteiger partial charge >= 0.3 is 0 Å². The zero-order valence-corrected chi connectivity index (χ0v) is 12.5. The summed E-state index contributed by atoms with van der Waals surface area (Å²) in [7, 11) is 0. The maximum Gasteiger partial charge on any atom is 0.147 e. The van der Waals surface area contributed by atoms with Crippen LogP contribution in [0, 0.1) is 0 Å². The van der Waals surface area contributed by atoms with E-state index in [0.29, 0.717) is 11.8 Å². The van der Waals surface area contributed by atoms with E-state index in [2.05, 4.69) is 37.2 Å². The molecule has 0 aromatic heterocycles. The smallest absolute Gasteiger partial charge is 0.147 e. The Morgan fingerprint density at radius 3 is 2.47 bits per heavy atom. The molecule has 0 radical (unpaired) electrons. The van der Waals surface area contributed by atoms with Crippen molar-refractivity contribution >= 4 is 31.9 Å². The lowest BCUT2D eigenvalue weighted by Gasteiger charge is -2.11. The van der Waals surface area contributed by atoms with Gasteiger partial charge < -0.3 is 10.1 Å². The minimum atomic E-state index is -0.482. The Labute approximate surface area is 117 Å². The van der Waals surface area contributed by atoms with Gasteiger partial charge in [0.15, 0.2) is 0 Å². The number of benzene rings is 1. The molecule has 1 aromatic rings. The van der Waals surface area contributed by atoms with Crippen LogP contribution in [-0.2, 0) is 6.54 Å². The average molecular weight is 367 g/mol. The van der Waals surface area contributed by atoms with Gasteiger partial charge in [-0.3, -0.25) is 0 Å². The lowest BCUT2D eigenvalue weighted by Crippen LogP contribution is -2.15. The van der Waals surface area contributed by atoms with E-state index >= 15 is 0 Å². The highest BCUT2D eigenvalue weighted by atomic mass is 79.9. The molecule has 0 saturated heterocycles. The van der Waals surface area contributed by atoms with Crippen LogP contribution in [-0.4, -0.2) is 19.3 Å². The van der Waals surface area contributed by atoms with Crippen molar-refractivity contribution in [3.63, 3.8) is 0 Å². The predicted octanol–water partition coefficient (Wildman–Crippen LogP) is 3.81. The van der Waals surface area contributed by atoms with Crippen molar-refractivity contribution in [1.29, 1.82) is 0 Å². The molecule has 0 amide bonds. The Morgan fingerprint density at radius 1 is 1.29 bits per heavy atom. The van der Waals surface area contributed by atoms with Crippen LogP contribution < -0.4 is 10.1 Å². The molecule has 94 valence electrons. The van der Waals surface area contributed by atoms with Gasteiger partial charge in [-0.1, -0.05) is 0 Å². The topological polar surface area (TPSA) is 21.3 Å². The van der Waals surface area contributed by atoms with E-state index in [9.17, 15) is 4.39 Å². The Hall–Kier alpha value is -0.130. The lowest BCUT2D eigenvalue weighted by molar-refractivity contribution is 0.270. The van der Waals surface area contributed by atoms with Crippen LogP contribution >= 0.6 is 31.9 Å². The molecule has 17 heavy (non-hydrogen) atoms. The molecule has 0 unspecified atom stereocenters. The summed E-state index contributed by atoms with van der Waals surface area (Å²) in [6.07, 6.45) is 2.56. The maximum atomic E-state index is 12.1. The van der Waals surface area contributed by atoms with E-state index in [1.807, 2.05) is 12.1 Å². The molecule has 2 nitrogen and oxygen atoms in total. The van der Waals surface area contributed by atoms with Gasteiger partial charge in [0, 0.05) is 12.6 Å². The molecule has 0 bridgehead atoms. The molecular formula is C12H14Br2FNO. The predicted molar refractivity (Wildman–Crippen MR) is 73.2 cm³/mol. The van der Waals surface area contributed by atoms with Crippen LogP contribution in [0.1, 0.15) is 18.4 Å². The van der Waals surface area contributed by atoms with Gasteiger partial charge in [-0.2, -0.15) is 0 Å². The van der Waals surface area contributed by atoms with Crippen LogP contribution in [0.3, 0.4) is 0 Å². The van der Waals surface area contributed by atoms with E-state index < -0.39 is 6.67 Å². The Morgan fingerprint density at radius 2 is 1.94 bits per heavy atom. The maximum absolute atomic E-state index is 12.1. The molecule has 1 aliphatic rings. The molecule has 1 saturated carbocycles. The van der Waals surface area contributed by atoms with Crippen LogP contribution in [0.25, 0.3) is 0 Å². The third kappa shape index (κ3) is 3.93. The molecule has 0 atom stereocenters.